The molecule has 2 fully saturated rings. The van der Waals surface area contributed by atoms with Crippen molar-refractivity contribution in [3.05, 3.63) is 29.3 Å². The summed E-state index contributed by atoms with van der Waals surface area (Å²) in [4.78, 5) is 12.4. The first kappa shape index (κ1) is 16.3. The molecule has 2 aliphatic rings. The number of para-hydroxylation sites is 1. The van der Waals surface area contributed by atoms with E-state index in [-0.39, 0.29) is 17.9 Å². The van der Waals surface area contributed by atoms with Crippen LogP contribution in [0.5, 0.6) is 5.75 Å². The lowest BCUT2D eigenvalue weighted by Gasteiger charge is -2.24. The molecule has 1 aromatic carbocycles. The first-order chi connectivity index (χ1) is 11.0. The molecule has 2 atom stereocenters. The predicted octanol–water partition coefficient (Wildman–Crippen LogP) is 2.58. The molecule has 0 bridgehead atoms. The Labute approximate surface area is 139 Å². The summed E-state index contributed by atoms with van der Waals surface area (Å²) in [7, 11) is 0. The molecule has 4 heteroatoms. The highest BCUT2D eigenvalue weighted by molar-refractivity contribution is 5.82. The van der Waals surface area contributed by atoms with Crippen LogP contribution in [-0.2, 0) is 4.79 Å². The van der Waals surface area contributed by atoms with Crippen LogP contribution >= 0.6 is 0 Å². The zero-order valence-corrected chi connectivity index (χ0v) is 14.4. The Balaban J connectivity index is 1.48. The van der Waals surface area contributed by atoms with Gasteiger partial charge in [0.25, 0.3) is 0 Å². The monoisotopic (exact) mass is 316 g/mol. The van der Waals surface area contributed by atoms with E-state index in [4.69, 9.17) is 4.74 Å². The molecule has 2 unspecified atom stereocenters. The zero-order valence-electron chi connectivity index (χ0n) is 14.4. The van der Waals surface area contributed by atoms with E-state index in [1.54, 1.807) is 0 Å². The van der Waals surface area contributed by atoms with Gasteiger partial charge in [-0.1, -0.05) is 18.2 Å². The van der Waals surface area contributed by atoms with E-state index < -0.39 is 0 Å². The summed E-state index contributed by atoms with van der Waals surface area (Å²) in [6.07, 6.45) is 3.34. The first-order valence-electron chi connectivity index (χ1n) is 8.72. The smallest absolute Gasteiger partial charge is 0.224 e. The van der Waals surface area contributed by atoms with Crippen LogP contribution in [0.4, 0.5) is 0 Å². The molecular formula is C19H28N2O2. The molecule has 1 spiro atoms. The van der Waals surface area contributed by atoms with Crippen LogP contribution in [0.3, 0.4) is 0 Å². The average Bonchev–Trinajstić information content (AvgIpc) is 3.21. The van der Waals surface area contributed by atoms with Gasteiger partial charge in [0.05, 0.1) is 6.04 Å². The molecule has 1 saturated carbocycles. The van der Waals surface area contributed by atoms with Crippen molar-refractivity contribution in [3.63, 3.8) is 0 Å². The van der Waals surface area contributed by atoms with Crippen molar-refractivity contribution in [2.75, 3.05) is 19.7 Å². The number of amides is 1. The molecule has 4 nitrogen and oxygen atoms in total. The summed E-state index contributed by atoms with van der Waals surface area (Å²) < 4.78 is 5.94. The van der Waals surface area contributed by atoms with Gasteiger partial charge in [-0.15, -0.1) is 0 Å². The largest absolute Gasteiger partial charge is 0.491 e. The van der Waals surface area contributed by atoms with E-state index in [0.717, 1.165) is 49.2 Å². The second-order valence-electron chi connectivity index (χ2n) is 7.31. The van der Waals surface area contributed by atoms with Crippen LogP contribution in [0.25, 0.3) is 0 Å². The summed E-state index contributed by atoms with van der Waals surface area (Å²) in [6, 6.07) is 6.17. The summed E-state index contributed by atoms with van der Waals surface area (Å²) in [5, 5.41) is 6.52. The number of nitrogens with one attached hydrogen (secondary N) is 2. The summed E-state index contributed by atoms with van der Waals surface area (Å²) in [6.45, 7) is 8.74. The molecule has 1 aliphatic heterocycles. The van der Waals surface area contributed by atoms with Gasteiger partial charge in [0.2, 0.25) is 5.91 Å². The van der Waals surface area contributed by atoms with Crippen LogP contribution in [0, 0.1) is 25.2 Å². The summed E-state index contributed by atoms with van der Waals surface area (Å²) >= 11 is 0. The molecule has 0 radical (unpaired) electrons. The van der Waals surface area contributed by atoms with Crippen molar-refractivity contribution in [1.29, 1.82) is 0 Å². The average molecular weight is 316 g/mol. The Morgan fingerprint density at radius 2 is 2.00 bits per heavy atom. The van der Waals surface area contributed by atoms with Crippen LogP contribution < -0.4 is 15.4 Å². The van der Waals surface area contributed by atoms with Gasteiger partial charge < -0.3 is 15.4 Å². The zero-order chi connectivity index (χ0) is 16.4. The SMILES string of the molecule is Cc1cccc(C)c1OCC(C)NC(=O)C1CC12CCNCC2. The number of hydrogen-bond acceptors (Lipinski definition) is 3. The predicted molar refractivity (Wildman–Crippen MR) is 91.7 cm³/mol. The van der Waals surface area contributed by atoms with Gasteiger partial charge in [-0.25, -0.2) is 0 Å². The first-order valence-corrected chi connectivity index (χ1v) is 8.72. The molecule has 1 aromatic rings. The highest BCUT2D eigenvalue weighted by Crippen LogP contribution is 2.58. The van der Waals surface area contributed by atoms with E-state index >= 15 is 0 Å². The van der Waals surface area contributed by atoms with Gasteiger partial charge in [0, 0.05) is 5.92 Å². The van der Waals surface area contributed by atoms with E-state index in [1.165, 1.54) is 0 Å². The lowest BCUT2D eigenvalue weighted by molar-refractivity contribution is -0.124. The van der Waals surface area contributed by atoms with Crippen LogP contribution in [0.2, 0.25) is 0 Å². The minimum Gasteiger partial charge on any atom is -0.491 e. The highest BCUT2D eigenvalue weighted by atomic mass is 16.5. The van der Waals surface area contributed by atoms with Gasteiger partial charge in [-0.2, -0.15) is 0 Å². The number of carbonyl (C=O) groups excluding carboxylic acids is 1. The molecule has 0 aromatic heterocycles. The van der Waals surface area contributed by atoms with Crippen molar-refractivity contribution in [2.45, 2.75) is 46.1 Å². The van der Waals surface area contributed by atoms with Crippen LogP contribution in [-0.4, -0.2) is 31.6 Å². The Morgan fingerprint density at radius 3 is 2.65 bits per heavy atom. The topological polar surface area (TPSA) is 50.4 Å². The molecule has 126 valence electrons. The van der Waals surface area contributed by atoms with E-state index in [2.05, 4.69) is 36.6 Å². The maximum atomic E-state index is 12.4. The normalized spacial score (nSPS) is 23.3. The Hall–Kier alpha value is -1.55. The van der Waals surface area contributed by atoms with Crippen LogP contribution in [0.15, 0.2) is 18.2 Å². The van der Waals surface area contributed by atoms with Gasteiger partial charge in [0.15, 0.2) is 0 Å². The fourth-order valence-corrected chi connectivity index (χ4v) is 3.82. The molecular weight excluding hydrogens is 288 g/mol. The van der Waals surface area contributed by atoms with E-state index in [9.17, 15) is 4.79 Å². The summed E-state index contributed by atoms with van der Waals surface area (Å²) in [5.74, 6) is 1.37. The van der Waals surface area contributed by atoms with Crippen LogP contribution in [0.1, 0.15) is 37.3 Å². The number of aryl methyl sites for hydroxylation is 2. The molecule has 1 saturated heterocycles. The maximum Gasteiger partial charge on any atom is 0.224 e. The van der Waals surface area contributed by atoms with Crippen molar-refractivity contribution in [3.8, 4) is 5.75 Å². The van der Waals surface area contributed by atoms with Gasteiger partial charge in [0.1, 0.15) is 12.4 Å². The molecule has 1 heterocycles. The lowest BCUT2D eigenvalue weighted by Crippen LogP contribution is -2.40. The second-order valence-corrected chi connectivity index (χ2v) is 7.31. The Morgan fingerprint density at radius 1 is 1.35 bits per heavy atom. The minimum absolute atomic E-state index is 0.0286. The lowest BCUT2D eigenvalue weighted by atomic mass is 9.91. The minimum atomic E-state index is 0.0286. The number of rotatable bonds is 5. The molecule has 1 aliphatic carbocycles. The maximum absolute atomic E-state index is 12.4. The fourth-order valence-electron chi connectivity index (χ4n) is 3.82. The summed E-state index contributed by atoms with van der Waals surface area (Å²) in [5.41, 5.74) is 2.57. The van der Waals surface area contributed by atoms with Crippen molar-refractivity contribution < 1.29 is 9.53 Å². The molecule has 3 rings (SSSR count). The van der Waals surface area contributed by atoms with Crippen molar-refractivity contribution >= 4 is 5.91 Å². The number of carbonyl (C=O) groups is 1. The number of benzene rings is 1. The quantitative estimate of drug-likeness (QED) is 0.878. The molecule has 2 N–H and O–H groups in total. The molecule has 1 amide bonds. The number of piperidine rings is 1. The Bertz CT molecular complexity index is 558. The third-order valence-electron chi connectivity index (χ3n) is 5.38. The third-order valence-corrected chi connectivity index (χ3v) is 5.38. The fraction of sp³-hybridized carbons (Fsp3) is 0.632. The van der Waals surface area contributed by atoms with Gasteiger partial charge >= 0.3 is 0 Å². The van der Waals surface area contributed by atoms with Crippen molar-refractivity contribution in [2.24, 2.45) is 11.3 Å². The van der Waals surface area contributed by atoms with E-state index in [0.29, 0.717) is 12.0 Å². The Kier molecular flexibility index (Phi) is 4.62. The van der Waals surface area contributed by atoms with E-state index in [1.807, 2.05) is 13.0 Å². The highest BCUT2D eigenvalue weighted by Gasteiger charge is 2.57. The number of hydrogen-bond donors (Lipinski definition) is 2. The van der Waals surface area contributed by atoms with Crippen molar-refractivity contribution in [1.82, 2.24) is 10.6 Å². The van der Waals surface area contributed by atoms with Gasteiger partial charge in [-0.3, -0.25) is 4.79 Å². The van der Waals surface area contributed by atoms with Gasteiger partial charge in [-0.05, 0) is 69.7 Å². The molecule has 23 heavy (non-hydrogen) atoms. The number of ether oxygens (including phenoxy) is 1. The second kappa shape index (κ2) is 6.52. The third kappa shape index (κ3) is 3.52. The standard InChI is InChI=1S/C19H28N2O2/c1-13-5-4-6-14(2)17(13)23-12-15(3)21-18(22)16-11-19(16)7-9-20-10-8-19/h4-6,15-16,20H,7-12H2,1-3H3,(H,21,22).